The van der Waals surface area contributed by atoms with Crippen LogP contribution in [0, 0.1) is 0 Å². The fraction of sp³-hybridized carbons (Fsp3) is 0.192. The van der Waals surface area contributed by atoms with Crippen LogP contribution >= 0.6 is 15.9 Å². The smallest absolute Gasteiger partial charge is 0.231 e. The molecule has 0 atom stereocenters. The first-order chi connectivity index (χ1) is 15.2. The van der Waals surface area contributed by atoms with Gasteiger partial charge in [-0.3, -0.25) is 9.69 Å². The van der Waals surface area contributed by atoms with Crippen LogP contribution in [0.15, 0.2) is 77.0 Å². The van der Waals surface area contributed by atoms with Crippen molar-refractivity contribution in [1.82, 2.24) is 4.90 Å². The minimum Gasteiger partial charge on any atom is -0.478 e. The molecule has 0 unspecified atom stereocenters. The van der Waals surface area contributed by atoms with Crippen LogP contribution < -0.4 is 9.47 Å². The SMILES string of the molecule is O=C1/C(=C/c2cccc(Br)c2)Oc2c1ccc1c2CN(CCCc2ccccc2)CO1. The maximum absolute atomic E-state index is 12.9. The molecule has 0 saturated carbocycles. The van der Waals surface area contributed by atoms with E-state index in [2.05, 4.69) is 45.1 Å². The summed E-state index contributed by atoms with van der Waals surface area (Å²) >= 11 is 3.47. The molecule has 0 spiro atoms. The van der Waals surface area contributed by atoms with Gasteiger partial charge in [0, 0.05) is 17.6 Å². The number of nitrogens with zero attached hydrogens (tertiary/aromatic N) is 1. The van der Waals surface area contributed by atoms with Gasteiger partial charge in [-0.05, 0) is 54.3 Å². The Morgan fingerprint density at radius 3 is 2.74 bits per heavy atom. The second-order valence-corrected chi connectivity index (χ2v) is 8.74. The number of allylic oxidation sites excluding steroid dienone is 1. The molecule has 0 fully saturated rings. The van der Waals surface area contributed by atoms with Crippen LogP contribution in [0.2, 0.25) is 0 Å². The predicted molar refractivity (Wildman–Crippen MR) is 124 cm³/mol. The number of fused-ring (bicyclic) bond motifs is 3. The second kappa shape index (κ2) is 8.69. The number of carbonyl (C=O) groups excluding carboxylic acids is 1. The number of benzene rings is 3. The molecule has 156 valence electrons. The van der Waals surface area contributed by atoms with Crippen molar-refractivity contribution < 1.29 is 14.3 Å². The number of Topliss-reactive ketones (excluding diaryl/α,β-unsaturated/α-hetero) is 1. The number of hydrogen-bond donors (Lipinski definition) is 0. The van der Waals surface area contributed by atoms with E-state index in [-0.39, 0.29) is 5.78 Å². The first kappa shape index (κ1) is 20.0. The minimum atomic E-state index is -0.0843. The molecule has 0 saturated heterocycles. The van der Waals surface area contributed by atoms with Gasteiger partial charge in [0.05, 0.1) is 11.1 Å². The van der Waals surface area contributed by atoms with Crippen LogP contribution in [0.3, 0.4) is 0 Å². The summed E-state index contributed by atoms with van der Waals surface area (Å²) in [6, 6.07) is 22.0. The van der Waals surface area contributed by atoms with E-state index < -0.39 is 0 Å². The van der Waals surface area contributed by atoms with Gasteiger partial charge in [0.1, 0.15) is 18.2 Å². The number of ketones is 1. The van der Waals surface area contributed by atoms with Crippen molar-refractivity contribution in [2.24, 2.45) is 0 Å². The molecule has 0 aromatic heterocycles. The van der Waals surface area contributed by atoms with Crippen molar-refractivity contribution in [3.8, 4) is 11.5 Å². The van der Waals surface area contributed by atoms with Crippen LogP contribution in [-0.4, -0.2) is 24.0 Å². The van der Waals surface area contributed by atoms with E-state index in [1.807, 2.05) is 42.5 Å². The monoisotopic (exact) mass is 475 g/mol. The van der Waals surface area contributed by atoms with Crippen molar-refractivity contribution in [1.29, 1.82) is 0 Å². The van der Waals surface area contributed by atoms with E-state index in [4.69, 9.17) is 9.47 Å². The van der Waals surface area contributed by atoms with Crippen molar-refractivity contribution in [2.45, 2.75) is 19.4 Å². The molecule has 2 aliphatic rings. The van der Waals surface area contributed by atoms with Gasteiger partial charge in [0.25, 0.3) is 0 Å². The average Bonchev–Trinajstić information content (AvgIpc) is 3.10. The predicted octanol–water partition coefficient (Wildman–Crippen LogP) is 5.85. The highest BCUT2D eigenvalue weighted by atomic mass is 79.9. The molecular weight excluding hydrogens is 454 g/mol. The Balaban J connectivity index is 1.32. The number of aryl methyl sites for hydroxylation is 1. The Bertz CT molecular complexity index is 1160. The van der Waals surface area contributed by atoms with Gasteiger partial charge in [-0.25, -0.2) is 0 Å². The van der Waals surface area contributed by atoms with Gasteiger partial charge >= 0.3 is 0 Å². The summed E-state index contributed by atoms with van der Waals surface area (Å²) in [4.78, 5) is 15.2. The van der Waals surface area contributed by atoms with Crippen LogP contribution in [0.5, 0.6) is 11.5 Å². The summed E-state index contributed by atoms with van der Waals surface area (Å²) in [6.07, 6.45) is 3.87. The standard InChI is InChI=1S/C26H22BrNO3/c27-20-10-4-8-19(14-20)15-24-25(29)21-11-12-23-22(26(21)31-24)16-28(17-30-23)13-5-9-18-6-2-1-3-7-18/h1-4,6-8,10-12,14-15H,5,9,13,16-17H2/b24-15-. The number of hydrogen-bond acceptors (Lipinski definition) is 4. The van der Waals surface area contributed by atoms with Crippen LogP contribution in [0.4, 0.5) is 0 Å². The number of carbonyl (C=O) groups is 1. The average molecular weight is 476 g/mol. The van der Waals surface area contributed by atoms with Gasteiger partial charge in [0.15, 0.2) is 5.76 Å². The van der Waals surface area contributed by atoms with Crippen LogP contribution in [0.1, 0.15) is 33.5 Å². The zero-order valence-corrected chi connectivity index (χ0v) is 18.6. The van der Waals surface area contributed by atoms with Gasteiger partial charge in [0.2, 0.25) is 5.78 Å². The topological polar surface area (TPSA) is 38.8 Å². The first-order valence-electron chi connectivity index (χ1n) is 10.4. The molecule has 4 nitrogen and oxygen atoms in total. The molecule has 0 amide bonds. The van der Waals surface area contributed by atoms with Crippen LogP contribution in [0.25, 0.3) is 6.08 Å². The van der Waals surface area contributed by atoms with Crippen molar-refractivity contribution in [3.63, 3.8) is 0 Å². The first-order valence-corrected chi connectivity index (χ1v) is 11.2. The van der Waals surface area contributed by atoms with Crippen LogP contribution in [-0.2, 0) is 13.0 Å². The third-order valence-corrected chi connectivity index (χ3v) is 6.10. The zero-order chi connectivity index (χ0) is 21.2. The highest BCUT2D eigenvalue weighted by molar-refractivity contribution is 9.10. The summed E-state index contributed by atoms with van der Waals surface area (Å²) < 4.78 is 13.0. The van der Waals surface area contributed by atoms with E-state index in [1.165, 1.54) is 5.56 Å². The summed E-state index contributed by atoms with van der Waals surface area (Å²) in [5.74, 6) is 1.70. The fourth-order valence-corrected chi connectivity index (χ4v) is 4.46. The van der Waals surface area contributed by atoms with E-state index >= 15 is 0 Å². The number of ether oxygens (including phenoxy) is 2. The maximum atomic E-state index is 12.9. The molecule has 3 aromatic rings. The lowest BCUT2D eigenvalue weighted by molar-refractivity contribution is 0.0928. The Labute approximate surface area is 190 Å². The molecule has 0 radical (unpaired) electrons. The molecular formula is C26H22BrNO3. The lowest BCUT2D eigenvalue weighted by Gasteiger charge is -2.29. The number of halogens is 1. The van der Waals surface area contributed by atoms with Gasteiger partial charge < -0.3 is 9.47 Å². The highest BCUT2D eigenvalue weighted by Crippen LogP contribution is 2.42. The lowest BCUT2D eigenvalue weighted by atomic mass is 10.0. The molecule has 3 aromatic carbocycles. The normalized spacial score (nSPS) is 16.5. The van der Waals surface area contributed by atoms with Crippen molar-refractivity contribution >= 4 is 27.8 Å². The summed E-state index contributed by atoms with van der Waals surface area (Å²) in [5, 5.41) is 0. The van der Waals surface area contributed by atoms with E-state index in [9.17, 15) is 4.79 Å². The summed E-state index contributed by atoms with van der Waals surface area (Å²) in [5.41, 5.74) is 3.82. The molecule has 5 rings (SSSR count). The Morgan fingerprint density at radius 1 is 1.03 bits per heavy atom. The summed E-state index contributed by atoms with van der Waals surface area (Å²) in [7, 11) is 0. The van der Waals surface area contributed by atoms with Crippen molar-refractivity contribution in [2.75, 3.05) is 13.3 Å². The molecule has 0 bridgehead atoms. The molecule has 2 heterocycles. The quantitative estimate of drug-likeness (QED) is 0.433. The largest absolute Gasteiger partial charge is 0.478 e. The molecule has 0 aliphatic carbocycles. The molecule has 2 aliphatic heterocycles. The van der Waals surface area contributed by atoms with E-state index in [0.29, 0.717) is 30.3 Å². The van der Waals surface area contributed by atoms with Crippen molar-refractivity contribution in [3.05, 3.63) is 99.2 Å². The minimum absolute atomic E-state index is 0.0843. The lowest BCUT2D eigenvalue weighted by Crippen LogP contribution is -2.33. The third kappa shape index (κ3) is 4.29. The van der Waals surface area contributed by atoms with Gasteiger partial charge in [-0.2, -0.15) is 0 Å². The number of rotatable bonds is 5. The maximum Gasteiger partial charge on any atom is 0.231 e. The van der Waals surface area contributed by atoms with Gasteiger partial charge in [-0.1, -0.05) is 58.4 Å². The fourth-order valence-electron chi connectivity index (χ4n) is 4.05. The Kier molecular flexibility index (Phi) is 5.62. The van der Waals surface area contributed by atoms with E-state index in [0.717, 1.165) is 40.7 Å². The molecule has 0 N–H and O–H groups in total. The van der Waals surface area contributed by atoms with E-state index in [1.54, 1.807) is 6.08 Å². The van der Waals surface area contributed by atoms with Gasteiger partial charge in [-0.15, -0.1) is 0 Å². The molecule has 31 heavy (non-hydrogen) atoms. The Hall–Kier alpha value is -2.89. The Morgan fingerprint density at radius 2 is 1.90 bits per heavy atom. The highest BCUT2D eigenvalue weighted by Gasteiger charge is 2.33. The third-order valence-electron chi connectivity index (χ3n) is 5.61. The second-order valence-electron chi connectivity index (χ2n) is 7.83. The zero-order valence-electron chi connectivity index (χ0n) is 17.0. The molecule has 5 heteroatoms. The summed E-state index contributed by atoms with van der Waals surface area (Å²) in [6.45, 7) is 2.19.